The predicted molar refractivity (Wildman–Crippen MR) is 106 cm³/mol. The van der Waals surface area contributed by atoms with Crippen molar-refractivity contribution < 1.29 is 14.3 Å². The van der Waals surface area contributed by atoms with Crippen LogP contribution < -0.4 is 10.1 Å². The predicted octanol–water partition coefficient (Wildman–Crippen LogP) is 4.49. The topological polar surface area (TPSA) is 68.3 Å². The van der Waals surface area contributed by atoms with Gasteiger partial charge in [-0.3, -0.25) is 14.6 Å². The number of ketones is 1. The second-order valence-electron chi connectivity index (χ2n) is 6.57. The summed E-state index contributed by atoms with van der Waals surface area (Å²) in [5.41, 5.74) is 1.59. The van der Waals surface area contributed by atoms with Gasteiger partial charge in [0, 0.05) is 30.8 Å². The summed E-state index contributed by atoms with van der Waals surface area (Å²) in [5, 5.41) is 2.91. The molecule has 1 N–H and O–H groups in total. The van der Waals surface area contributed by atoms with Crippen LogP contribution in [0.5, 0.6) is 5.75 Å². The fraction of sp³-hybridized carbons (Fsp3) is 0.409. The standard InChI is InChI=1S/C22H28N2O3/c1-3-4-5-16-27-20-8-6-19(7-9-20)21(25)10-11-22(26)24-17(2)18-12-14-23-15-13-18/h6-9,12-15,17H,3-5,10-11,16H2,1-2H3,(H,24,26). The third-order valence-electron chi connectivity index (χ3n) is 4.36. The molecule has 0 aliphatic heterocycles. The molecule has 0 spiro atoms. The molecule has 1 unspecified atom stereocenters. The Morgan fingerprint density at radius 2 is 1.74 bits per heavy atom. The first-order valence-corrected chi connectivity index (χ1v) is 9.55. The van der Waals surface area contributed by atoms with E-state index in [1.54, 1.807) is 24.5 Å². The second-order valence-corrected chi connectivity index (χ2v) is 6.57. The summed E-state index contributed by atoms with van der Waals surface area (Å²) >= 11 is 0. The van der Waals surface area contributed by atoms with Crippen LogP contribution in [0.3, 0.4) is 0 Å². The van der Waals surface area contributed by atoms with Gasteiger partial charge in [0.1, 0.15) is 5.75 Å². The Hall–Kier alpha value is -2.69. The summed E-state index contributed by atoms with van der Waals surface area (Å²) < 4.78 is 5.65. The molecule has 144 valence electrons. The second kappa shape index (κ2) is 11.1. The number of nitrogens with zero attached hydrogens (tertiary/aromatic N) is 1. The number of rotatable bonds is 11. The first-order chi connectivity index (χ1) is 13.1. The molecule has 0 aliphatic rings. The number of pyridine rings is 1. The van der Waals surface area contributed by atoms with Crippen molar-refractivity contribution in [2.75, 3.05) is 6.61 Å². The highest BCUT2D eigenvalue weighted by Crippen LogP contribution is 2.15. The van der Waals surface area contributed by atoms with E-state index in [1.165, 1.54) is 0 Å². The summed E-state index contributed by atoms with van der Waals surface area (Å²) in [5.74, 6) is 0.592. The molecule has 1 heterocycles. The number of benzene rings is 1. The highest BCUT2D eigenvalue weighted by molar-refractivity contribution is 5.98. The number of hydrogen-bond acceptors (Lipinski definition) is 4. The van der Waals surface area contributed by atoms with Gasteiger partial charge >= 0.3 is 0 Å². The van der Waals surface area contributed by atoms with Crippen molar-refractivity contribution >= 4 is 11.7 Å². The quantitative estimate of drug-likeness (QED) is 0.469. The van der Waals surface area contributed by atoms with Crippen molar-refractivity contribution in [2.24, 2.45) is 0 Å². The van der Waals surface area contributed by atoms with Gasteiger partial charge in [0.2, 0.25) is 5.91 Å². The van der Waals surface area contributed by atoms with Crippen LogP contribution in [-0.2, 0) is 4.79 Å². The third-order valence-corrected chi connectivity index (χ3v) is 4.36. The van der Waals surface area contributed by atoms with Crippen LogP contribution in [0.25, 0.3) is 0 Å². The van der Waals surface area contributed by atoms with E-state index in [1.807, 2.05) is 31.2 Å². The summed E-state index contributed by atoms with van der Waals surface area (Å²) in [6.07, 6.45) is 7.08. The maximum atomic E-state index is 12.3. The Balaban J connectivity index is 1.75. The van der Waals surface area contributed by atoms with E-state index in [0.29, 0.717) is 12.2 Å². The van der Waals surface area contributed by atoms with Crippen LogP contribution in [0.1, 0.15) is 67.9 Å². The van der Waals surface area contributed by atoms with Crippen molar-refractivity contribution in [3.63, 3.8) is 0 Å². The van der Waals surface area contributed by atoms with E-state index in [2.05, 4.69) is 17.2 Å². The number of Topliss-reactive ketones (excluding diaryl/α,β-unsaturated/α-hetero) is 1. The van der Waals surface area contributed by atoms with Crippen molar-refractivity contribution in [1.29, 1.82) is 0 Å². The molecule has 5 heteroatoms. The molecular formula is C22H28N2O3. The monoisotopic (exact) mass is 368 g/mol. The van der Waals surface area contributed by atoms with Gasteiger partial charge in [-0.2, -0.15) is 0 Å². The van der Waals surface area contributed by atoms with Crippen LogP contribution in [0.2, 0.25) is 0 Å². The van der Waals surface area contributed by atoms with Crippen molar-refractivity contribution in [3.8, 4) is 5.75 Å². The number of ether oxygens (including phenoxy) is 1. The van der Waals surface area contributed by atoms with Gasteiger partial charge < -0.3 is 10.1 Å². The molecule has 0 radical (unpaired) electrons. The Morgan fingerprint density at radius 3 is 2.41 bits per heavy atom. The molecule has 0 saturated carbocycles. The lowest BCUT2D eigenvalue weighted by Crippen LogP contribution is -2.26. The van der Waals surface area contributed by atoms with Gasteiger partial charge in [0.05, 0.1) is 12.6 Å². The van der Waals surface area contributed by atoms with Crippen LogP contribution >= 0.6 is 0 Å². The molecule has 1 aromatic carbocycles. The molecule has 5 nitrogen and oxygen atoms in total. The lowest BCUT2D eigenvalue weighted by atomic mass is 10.1. The minimum atomic E-state index is -0.136. The molecule has 0 aliphatic carbocycles. The normalized spacial score (nSPS) is 11.6. The van der Waals surface area contributed by atoms with Crippen molar-refractivity contribution in [3.05, 3.63) is 59.9 Å². The summed E-state index contributed by atoms with van der Waals surface area (Å²) in [4.78, 5) is 28.3. The number of carbonyl (C=O) groups excluding carboxylic acids is 2. The van der Waals surface area contributed by atoms with Crippen molar-refractivity contribution in [1.82, 2.24) is 10.3 Å². The Bertz CT molecular complexity index is 714. The van der Waals surface area contributed by atoms with Crippen molar-refractivity contribution in [2.45, 2.75) is 52.0 Å². The molecule has 0 fully saturated rings. The maximum Gasteiger partial charge on any atom is 0.220 e. The molecule has 1 aromatic heterocycles. The SMILES string of the molecule is CCCCCOc1ccc(C(=O)CCC(=O)NC(C)c2ccncc2)cc1. The van der Waals surface area contributed by atoms with E-state index < -0.39 is 0 Å². The van der Waals surface area contributed by atoms with Gasteiger partial charge in [-0.05, 0) is 55.3 Å². The average molecular weight is 368 g/mol. The minimum Gasteiger partial charge on any atom is -0.494 e. The molecule has 1 atom stereocenters. The van der Waals surface area contributed by atoms with E-state index in [9.17, 15) is 9.59 Å². The Kier molecular flexibility index (Phi) is 8.49. The van der Waals surface area contributed by atoms with Gasteiger partial charge in [0.25, 0.3) is 0 Å². The van der Waals surface area contributed by atoms with Gasteiger partial charge in [-0.15, -0.1) is 0 Å². The molecule has 2 rings (SSSR count). The highest BCUT2D eigenvalue weighted by atomic mass is 16.5. The van der Waals surface area contributed by atoms with Crippen LogP contribution in [0.15, 0.2) is 48.8 Å². The number of hydrogen-bond donors (Lipinski definition) is 1. The molecular weight excluding hydrogens is 340 g/mol. The van der Waals surface area contributed by atoms with E-state index in [-0.39, 0.29) is 30.6 Å². The van der Waals surface area contributed by atoms with Crippen LogP contribution in [-0.4, -0.2) is 23.3 Å². The number of carbonyl (C=O) groups is 2. The Morgan fingerprint density at radius 1 is 1.04 bits per heavy atom. The first-order valence-electron chi connectivity index (χ1n) is 9.55. The van der Waals surface area contributed by atoms with Crippen LogP contribution in [0, 0.1) is 0 Å². The lowest BCUT2D eigenvalue weighted by Gasteiger charge is -2.13. The molecule has 1 amide bonds. The molecule has 0 saturated heterocycles. The molecule has 2 aromatic rings. The third kappa shape index (κ3) is 7.21. The van der Waals surface area contributed by atoms with Gasteiger partial charge in [-0.1, -0.05) is 19.8 Å². The molecule has 27 heavy (non-hydrogen) atoms. The zero-order valence-electron chi connectivity index (χ0n) is 16.1. The van der Waals surface area contributed by atoms with Gasteiger partial charge in [-0.25, -0.2) is 0 Å². The molecule has 0 bridgehead atoms. The van der Waals surface area contributed by atoms with E-state index >= 15 is 0 Å². The van der Waals surface area contributed by atoms with E-state index in [4.69, 9.17) is 4.74 Å². The Labute approximate surface area is 161 Å². The fourth-order valence-corrected chi connectivity index (χ4v) is 2.70. The number of nitrogens with one attached hydrogen (secondary N) is 1. The number of aromatic nitrogens is 1. The zero-order chi connectivity index (χ0) is 19.5. The minimum absolute atomic E-state index is 0.0424. The number of unbranched alkanes of at least 4 members (excludes halogenated alkanes) is 2. The van der Waals surface area contributed by atoms with Gasteiger partial charge in [0.15, 0.2) is 5.78 Å². The summed E-state index contributed by atoms with van der Waals surface area (Å²) in [7, 11) is 0. The summed E-state index contributed by atoms with van der Waals surface area (Å²) in [6.45, 7) is 4.76. The maximum absolute atomic E-state index is 12.3. The van der Waals surface area contributed by atoms with Crippen LogP contribution in [0.4, 0.5) is 0 Å². The smallest absolute Gasteiger partial charge is 0.220 e. The summed E-state index contributed by atoms with van der Waals surface area (Å²) in [6, 6.07) is 10.8. The zero-order valence-corrected chi connectivity index (χ0v) is 16.1. The first kappa shape index (κ1) is 20.6. The van der Waals surface area contributed by atoms with E-state index in [0.717, 1.165) is 30.6 Å². The number of amides is 1. The highest BCUT2D eigenvalue weighted by Gasteiger charge is 2.12. The lowest BCUT2D eigenvalue weighted by molar-refractivity contribution is -0.121. The fourth-order valence-electron chi connectivity index (χ4n) is 2.70. The average Bonchev–Trinajstić information content (AvgIpc) is 2.70. The largest absolute Gasteiger partial charge is 0.494 e.